The molecule has 7 heteroatoms. The molecule has 0 aliphatic carbocycles. The third kappa shape index (κ3) is 1.98. The first kappa shape index (κ1) is 12.5. The van der Waals surface area contributed by atoms with Crippen LogP contribution >= 0.6 is 0 Å². The molecule has 0 spiro atoms. The molecule has 0 bridgehead atoms. The zero-order chi connectivity index (χ0) is 12.6. The highest BCUT2D eigenvalue weighted by molar-refractivity contribution is 7.89. The summed E-state index contributed by atoms with van der Waals surface area (Å²) in [6, 6.07) is 0.0147. The predicted molar refractivity (Wildman–Crippen MR) is 61.8 cm³/mol. The minimum absolute atomic E-state index is 0.0147. The van der Waals surface area contributed by atoms with Crippen molar-refractivity contribution in [2.24, 2.45) is 0 Å². The van der Waals surface area contributed by atoms with E-state index in [2.05, 4.69) is 10.2 Å². The zero-order valence-electron chi connectivity index (χ0n) is 9.97. The van der Waals surface area contributed by atoms with E-state index in [4.69, 9.17) is 5.11 Å². The number of H-pyrrole nitrogens is 1. The normalized spacial score (nSPS) is 22.2. The third-order valence-electron chi connectivity index (χ3n) is 3.17. The lowest BCUT2D eigenvalue weighted by atomic mass is 10.3. The van der Waals surface area contributed by atoms with E-state index < -0.39 is 10.0 Å². The number of hydrogen-bond acceptors (Lipinski definition) is 4. The Labute approximate surface area is 101 Å². The number of nitrogens with zero attached hydrogens (tertiary/aromatic N) is 2. The van der Waals surface area contributed by atoms with Crippen LogP contribution in [-0.4, -0.2) is 40.6 Å². The van der Waals surface area contributed by atoms with Crippen LogP contribution in [0.2, 0.25) is 0 Å². The van der Waals surface area contributed by atoms with Gasteiger partial charge in [-0.05, 0) is 26.7 Å². The number of sulfonamides is 1. The summed E-state index contributed by atoms with van der Waals surface area (Å²) < 4.78 is 26.4. The third-order valence-corrected chi connectivity index (χ3v) is 5.39. The molecule has 1 unspecified atom stereocenters. The van der Waals surface area contributed by atoms with Gasteiger partial charge in [-0.2, -0.15) is 9.40 Å². The molecular weight excluding hydrogens is 242 g/mol. The Kier molecular flexibility index (Phi) is 3.24. The summed E-state index contributed by atoms with van der Waals surface area (Å²) in [5.41, 5.74) is 0.676. The quantitative estimate of drug-likeness (QED) is 0.822. The number of aromatic amines is 1. The lowest BCUT2D eigenvalue weighted by Gasteiger charge is -2.21. The first-order valence-electron chi connectivity index (χ1n) is 5.65. The fourth-order valence-electron chi connectivity index (χ4n) is 2.30. The first-order chi connectivity index (χ1) is 7.98. The molecule has 0 saturated carbocycles. The van der Waals surface area contributed by atoms with Gasteiger partial charge in [0.15, 0.2) is 0 Å². The highest BCUT2D eigenvalue weighted by atomic mass is 32.2. The van der Waals surface area contributed by atoms with Gasteiger partial charge in [-0.15, -0.1) is 0 Å². The smallest absolute Gasteiger partial charge is 0.247 e. The highest BCUT2D eigenvalue weighted by Crippen LogP contribution is 2.28. The van der Waals surface area contributed by atoms with Gasteiger partial charge in [-0.25, -0.2) is 8.42 Å². The standard InChI is InChI=1S/C10H17N3O3S/c1-7-4-3-5-13(7)17(15,16)10-8(2)11-12-9(10)6-14/h7,14H,3-6H2,1-2H3,(H,11,12). The van der Waals surface area contributed by atoms with E-state index in [9.17, 15) is 8.42 Å². The fourth-order valence-corrected chi connectivity index (χ4v) is 4.32. The molecule has 1 aromatic heterocycles. The van der Waals surface area contributed by atoms with Gasteiger partial charge in [0.05, 0.1) is 12.3 Å². The molecule has 0 aromatic carbocycles. The maximum absolute atomic E-state index is 12.5. The molecule has 0 radical (unpaired) electrons. The number of aliphatic hydroxyl groups excluding tert-OH is 1. The van der Waals surface area contributed by atoms with Crippen molar-refractivity contribution in [1.82, 2.24) is 14.5 Å². The number of hydrogen-bond donors (Lipinski definition) is 2. The molecule has 2 heterocycles. The van der Waals surface area contributed by atoms with E-state index in [0.717, 1.165) is 12.8 Å². The number of aryl methyl sites for hydroxylation is 1. The van der Waals surface area contributed by atoms with Crippen molar-refractivity contribution < 1.29 is 13.5 Å². The molecule has 0 amide bonds. The van der Waals surface area contributed by atoms with Gasteiger partial charge in [0.1, 0.15) is 10.6 Å². The van der Waals surface area contributed by atoms with Crippen molar-refractivity contribution in [3.8, 4) is 0 Å². The van der Waals surface area contributed by atoms with Crippen LogP contribution in [0.25, 0.3) is 0 Å². The van der Waals surface area contributed by atoms with E-state index >= 15 is 0 Å². The minimum Gasteiger partial charge on any atom is -0.390 e. The van der Waals surface area contributed by atoms with Gasteiger partial charge in [0.25, 0.3) is 0 Å². The molecule has 96 valence electrons. The molecular formula is C10H17N3O3S. The average molecular weight is 259 g/mol. The molecule has 2 N–H and O–H groups in total. The van der Waals surface area contributed by atoms with Gasteiger partial charge < -0.3 is 5.11 Å². The van der Waals surface area contributed by atoms with Crippen LogP contribution in [0.15, 0.2) is 4.90 Å². The molecule has 2 rings (SSSR count). The monoisotopic (exact) mass is 259 g/mol. The molecule has 17 heavy (non-hydrogen) atoms. The van der Waals surface area contributed by atoms with E-state index in [-0.39, 0.29) is 23.2 Å². The van der Waals surface area contributed by atoms with Gasteiger partial charge in [-0.3, -0.25) is 5.10 Å². The molecule has 1 aliphatic heterocycles. The maximum Gasteiger partial charge on any atom is 0.247 e. The van der Waals surface area contributed by atoms with Crippen LogP contribution in [-0.2, 0) is 16.6 Å². The summed E-state index contributed by atoms with van der Waals surface area (Å²) in [4.78, 5) is 0.133. The zero-order valence-corrected chi connectivity index (χ0v) is 10.8. The molecule has 6 nitrogen and oxygen atoms in total. The van der Waals surface area contributed by atoms with Gasteiger partial charge in [0, 0.05) is 12.6 Å². The molecule has 1 fully saturated rings. The Morgan fingerprint density at radius 3 is 2.82 bits per heavy atom. The Bertz CT molecular complexity index is 509. The van der Waals surface area contributed by atoms with Gasteiger partial charge in [-0.1, -0.05) is 0 Å². The van der Waals surface area contributed by atoms with Gasteiger partial charge in [0.2, 0.25) is 10.0 Å². The summed E-state index contributed by atoms with van der Waals surface area (Å²) >= 11 is 0. The van der Waals surface area contributed by atoms with Crippen LogP contribution in [0.4, 0.5) is 0 Å². The van der Waals surface area contributed by atoms with Crippen LogP contribution in [0.5, 0.6) is 0 Å². The topological polar surface area (TPSA) is 86.3 Å². The van der Waals surface area contributed by atoms with Crippen LogP contribution in [0.1, 0.15) is 31.2 Å². The van der Waals surface area contributed by atoms with Crippen LogP contribution in [0, 0.1) is 6.92 Å². The maximum atomic E-state index is 12.5. The van der Waals surface area contributed by atoms with E-state index in [1.807, 2.05) is 6.92 Å². The lowest BCUT2D eigenvalue weighted by molar-refractivity contribution is 0.273. The SMILES string of the molecule is Cc1[nH]nc(CO)c1S(=O)(=O)N1CCCC1C. The molecule has 1 atom stereocenters. The van der Waals surface area contributed by atoms with Crippen molar-refractivity contribution in [2.45, 2.75) is 44.2 Å². The minimum atomic E-state index is -3.54. The summed E-state index contributed by atoms with van der Waals surface area (Å²) in [5, 5.41) is 15.6. The average Bonchev–Trinajstić information content (AvgIpc) is 2.84. The summed E-state index contributed by atoms with van der Waals surface area (Å²) in [5.74, 6) is 0. The van der Waals surface area contributed by atoms with E-state index in [1.165, 1.54) is 4.31 Å². The van der Waals surface area contributed by atoms with E-state index in [0.29, 0.717) is 12.2 Å². The summed E-state index contributed by atoms with van der Waals surface area (Å²) in [7, 11) is -3.54. The molecule has 1 aromatic rings. The first-order valence-corrected chi connectivity index (χ1v) is 7.09. The highest BCUT2D eigenvalue weighted by Gasteiger charge is 2.36. The van der Waals surface area contributed by atoms with Crippen molar-refractivity contribution in [3.63, 3.8) is 0 Å². The van der Waals surface area contributed by atoms with Crippen molar-refractivity contribution in [2.75, 3.05) is 6.54 Å². The largest absolute Gasteiger partial charge is 0.390 e. The number of aromatic nitrogens is 2. The summed E-state index contributed by atoms with van der Waals surface area (Å²) in [6.07, 6.45) is 1.76. The second-order valence-electron chi connectivity index (χ2n) is 4.39. The fraction of sp³-hybridized carbons (Fsp3) is 0.700. The van der Waals surface area contributed by atoms with Crippen LogP contribution in [0.3, 0.4) is 0 Å². The Morgan fingerprint density at radius 2 is 2.29 bits per heavy atom. The Balaban J connectivity index is 2.47. The number of nitrogens with one attached hydrogen (secondary N) is 1. The second kappa shape index (κ2) is 4.40. The number of aliphatic hydroxyl groups is 1. The predicted octanol–water partition coefficient (Wildman–Crippen LogP) is 0.383. The van der Waals surface area contributed by atoms with Crippen molar-refractivity contribution in [1.29, 1.82) is 0 Å². The number of rotatable bonds is 3. The Hall–Kier alpha value is -0.920. The molecule has 1 saturated heterocycles. The van der Waals surface area contributed by atoms with E-state index in [1.54, 1.807) is 6.92 Å². The van der Waals surface area contributed by atoms with Gasteiger partial charge >= 0.3 is 0 Å². The molecule has 1 aliphatic rings. The van der Waals surface area contributed by atoms with Crippen LogP contribution < -0.4 is 0 Å². The van der Waals surface area contributed by atoms with Crippen molar-refractivity contribution >= 4 is 10.0 Å². The lowest BCUT2D eigenvalue weighted by Crippen LogP contribution is -2.34. The Morgan fingerprint density at radius 1 is 1.59 bits per heavy atom. The summed E-state index contributed by atoms with van der Waals surface area (Å²) in [6.45, 7) is 3.72. The van der Waals surface area contributed by atoms with Crippen molar-refractivity contribution in [3.05, 3.63) is 11.4 Å². The second-order valence-corrected chi connectivity index (χ2v) is 6.22.